The Morgan fingerprint density at radius 1 is 1.36 bits per heavy atom. The maximum atomic E-state index is 12.4. The number of alkyl halides is 3. The van der Waals surface area contributed by atoms with Crippen LogP contribution < -0.4 is 0 Å². The van der Waals surface area contributed by atoms with Gasteiger partial charge in [-0.25, -0.2) is 0 Å². The van der Waals surface area contributed by atoms with Gasteiger partial charge in [-0.2, -0.15) is 13.2 Å². The summed E-state index contributed by atoms with van der Waals surface area (Å²) in [7, 11) is 1.11. The van der Waals surface area contributed by atoms with Crippen LogP contribution in [0, 0.1) is 0 Å². The maximum absolute atomic E-state index is 12.4. The lowest BCUT2D eigenvalue weighted by molar-refractivity contribution is -0.137. The zero-order valence-corrected chi connectivity index (χ0v) is 8.74. The monoisotopic (exact) mass is 264 g/mol. The average molecular weight is 265 g/mol. The molecule has 0 bridgehead atoms. The third kappa shape index (κ3) is 2.38. The van der Waals surface area contributed by atoms with E-state index in [1.807, 2.05) is 0 Å². The van der Waals surface area contributed by atoms with Crippen LogP contribution in [0.1, 0.15) is 15.9 Å². The summed E-state index contributed by atoms with van der Waals surface area (Å²) in [5.41, 5.74) is -1.80. The van der Waals surface area contributed by atoms with Gasteiger partial charge in [-0.15, -0.1) is 0 Å². The first kappa shape index (κ1) is 11.3. The van der Waals surface area contributed by atoms with Crippen LogP contribution in [-0.2, 0) is 6.18 Å². The minimum Gasteiger partial charge on any atom is -0.307 e. The third-order valence-electron chi connectivity index (χ3n) is 1.67. The Morgan fingerprint density at radius 3 is 2.36 bits per heavy atom. The lowest BCUT2D eigenvalue weighted by Crippen LogP contribution is -2.13. The Balaban J connectivity index is 3.38. The Hall–Kier alpha value is -0.775. The maximum Gasteiger partial charge on any atom is 0.417 e. The van der Waals surface area contributed by atoms with Gasteiger partial charge in [0.15, 0.2) is 7.85 Å². The van der Waals surface area contributed by atoms with Crippen molar-refractivity contribution in [3.63, 3.8) is 0 Å². The Labute approximate surface area is 87.8 Å². The molecule has 1 aromatic carbocycles. The van der Waals surface area contributed by atoms with Gasteiger partial charge >= 0.3 is 6.18 Å². The molecule has 0 amide bonds. The van der Waals surface area contributed by atoms with Crippen molar-refractivity contribution < 1.29 is 18.0 Å². The van der Waals surface area contributed by atoms with Crippen molar-refractivity contribution in [2.75, 3.05) is 0 Å². The summed E-state index contributed by atoms with van der Waals surface area (Å²) in [5.74, 6) is 0. The molecule has 0 unspecified atom stereocenters. The van der Waals surface area contributed by atoms with Gasteiger partial charge in [-0.1, -0.05) is 22.0 Å². The molecule has 0 heterocycles. The van der Waals surface area contributed by atoms with Crippen molar-refractivity contribution in [2.24, 2.45) is 0 Å². The number of hydrogen-bond donors (Lipinski definition) is 0. The van der Waals surface area contributed by atoms with Crippen molar-refractivity contribution in [3.8, 4) is 0 Å². The molecule has 0 spiro atoms. The van der Waals surface area contributed by atoms with Crippen LogP contribution in [0.5, 0.6) is 0 Å². The highest BCUT2D eigenvalue weighted by Gasteiger charge is 2.34. The number of benzene rings is 1. The predicted octanol–water partition coefficient (Wildman–Crippen LogP) is 2.24. The Kier molecular flexibility index (Phi) is 3.04. The molecule has 0 saturated heterocycles. The summed E-state index contributed by atoms with van der Waals surface area (Å²) < 4.78 is 37.5. The van der Waals surface area contributed by atoms with Crippen LogP contribution >= 0.6 is 15.9 Å². The van der Waals surface area contributed by atoms with Crippen LogP contribution in [0.25, 0.3) is 0 Å². The van der Waals surface area contributed by atoms with Gasteiger partial charge in [-0.05, 0) is 12.1 Å². The molecule has 0 fully saturated rings. The molecule has 0 atom stereocenters. The molecule has 74 valence electrons. The van der Waals surface area contributed by atoms with E-state index in [9.17, 15) is 18.0 Å². The minimum atomic E-state index is -4.50. The highest BCUT2D eigenvalue weighted by atomic mass is 79.9. The summed E-state index contributed by atoms with van der Waals surface area (Å²) in [6.07, 6.45) is -4.50. The topological polar surface area (TPSA) is 17.1 Å². The number of hydrogen-bond acceptors (Lipinski definition) is 1. The van der Waals surface area contributed by atoms with Crippen molar-refractivity contribution in [1.82, 2.24) is 0 Å². The fraction of sp³-hybridized carbons (Fsp3) is 0.125. The van der Waals surface area contributed by atoms with E-state index in [0.717, 1.165) is 20.0 Å². The molecule has 0 N–H and O–H groups in total. The SMILES string of the molecule is BC(=O)c1ccc(Br)cc1C(F)(F)F. The summed E-state index contributed by atoms with van der Waals surface area (Å²) in [5, 5.41) is 0. The first-order valence-corrected chi connectivity index (χ1v) is 4.49. The zero-order valence-electron chi connectivity index (χ0n) is 7.15. The van der Waals surface area contributed by atoms with Gasteiger partial charge in [0.1, 0.15) is 5.68 Å². The predicted molar refractivity (Wildman–Crippen MR) is 52.0 cm³/mol. The van der Waals surface area contributed by atoms with Crippen molar-refractivity contribution in [1.29, 1.82) is 0 Å². The Morgan fingerprint density at radius 2 is 1.93 bits per heavy atom. The second kappa shape index (κ2) is 3.77. The second-order valence-electron chi connectivity index (χ2n) is 2.74. The number of carbonyl (C=O) groups excluding carboxylic acids is 1. The van der Waals surface area contributed by atoms with E-state index in [4.69, 9.17) is 0 Å². The van der Waals surface area contributed by atoms with Crippen LogP contribution in [-0.4, -0.2) is 13.5 Å². The average Bonchev–Trinajstić information content (AvgIpc) is 2.01. The fourth-order valence-electron chi connectivity index (χ4n) is 1.06. The molecule has 1 nitrogen and oxygen atoms in total. The summed E-state index contributed by atoms with van der Waals surface area (Å²) in [6, 6.07) is 3.47. The fourth-order valence-corrected chi connectivity index (χ4v) is 1.42. The normalized spacial score (nSPS) is 11.4. The molecule has 0 aliphatic rings. The quantitative estimate of drug-likeness (QED) is 0.711. The highest BCUT2D eigenvalue weighted by molar-refractivity contribution is 9.10. The van der Waals surface area contributed by atoms with E-state index < -0.39 is 17.4 Å². The Bertz CT molecular complexity index is 375. The van der Waals surface area contributed by atoms with Gasteiger partial charge < -0.3 is 4.79 Å². The van der Waals surface area contributed by atoms with E-state index in [0.29, 0.717) is 4.47 Å². The van der Waals surface area contributed by atoms with Gasteiger partial charge in [0, 0.05) is 10.0 Å². The molecular weight excluding hydrogens is 260 g/mol. The van der Waals surface area contributed by atoms with Gasteiger partial charge in [0.25, 0.3) is 0 Å². The molecule has 1 rings (SSSR count). The van der Waals surface area contributed by atoms with E-state index >= 15 is 0 Å². The van der Waals surface area contributed by atoms with Crippen LogP contribution in [0.4, 0.5) is 13.2 Å². The summed E-state index contributed by atoms with van der Waals surface area (Å²) in [6.45, 7) is 0. The molecule has 0 saturated carbocycles. The molecule has 0 aliphatic carbocycles. The zero-order chi connectivity index (χ0) is 10.9. The smallest absolute Gasteiger partial charge is 0.307 e. The molecule has 6 heteroatoms. The number of carbonyl (C=O) groups is 1. The van der Waals surface area contributed by atoms with Gasteiger partial charge in [0.2, 0.25) is 0 Å². The van der Waals surface area contributed by atoms with E-state index in [1.165, 1.54) is 6.07 Å². The number of halogens is 4. The van der Waals surface area contributed by atoms with Crippen molar-refractivity contribution in [3.05, 3.63) is 33.8 Å². The third-order valence-corrected chi connectivity index (χ3v) is 2.16. The molecule has 0 aliphatic heterocycles. The van der Waals surface area contributed by atoms with Gasteiger partial charge in [0.05, 0.1) is 5.56 Å². The molecule has 0 radical (unpaired) electrons. The first-order valence-electron chi connectivity index (χ1n) is 3.70. The minimum absolute atomic E-state index is 0.301. The van der Waals surface area contributed by atoms with E-state index in [-0.39, 0.29) is 5.56 Å². The molecular formula is C8H5BBrF3O. The largest absolute Gasteiger partial charge is 0.417 e. The van der Waals surface area contributed by atoms with Crippen LogP contribution in [0.3, 0.4) is 0 Å². The second-order valence-corrected chi connectivity index (χ2v) is 3.66. The van der Waals surface area contributed by atoms with Crippen LogP contribution in [0.2, 0.25) is 0 Å². The van der Waals surface area contributed by atoms with Gasteiger partial charge in [-0.3, -0.25) is 0 Å². The van der Waals surface area contributed by atoms with E-state index in [2.05, 4.69) is 15.9 Å². The summed E-state index contributed by atoms with van der Waals surface area (Å²) >= 11 is 2.93. The van der Waals surface area contributed by atoms with Crippen LogP contribution in [0.15, 0.2) is 22.7 Å². The lowest BCUT2D eigenvalue weighted by atomic mass is 9.91. The van der Waals surface area contributed by atoms with E-state index in [1.54, 1.807) is 0 Å². The van der Waals surface area contributed by atoms with Crippen molar-refractivity contribution >= 4 is 29.5 Å². The molecule has 14 heavy (non-hydrogen) atoms. The standard InChI is InChI=1S/C8H5BBrF3O/c9-7(14)5-2-1-4(10)3-6(5)8(11,12)13/h1-3H,9H2. The summed E-state index contributed by atoms with van der Waals surface area (Å²) in [4.78, 5) is 10.9. The molecule has 1 aromatic rings. The number of rotatable bonds is 1. The first-order chi connectivity index (χ1) is 6.32. The van der Waals surface area contributed by atoms with Crippen molar-refractivity contribution in [2.45, 2.75) is 6.18 Å². The highest BCUT2D eigenvalue weighted by Crippen LogP contribution is 2.33. The lowest BCUT2D eigenvalue weighted by Gasteiger charge is -2.11. The molecule has 0 aromatic heterocycles.